The zero-order valence-corrected chi connectivity index (χ0v) is 32.1. The molecule has 3 fully saturated rings. The number of hydrogen-bond donors (Lipinski definition) is 3. The number of nitrogens with one attached hydrogen (secondary N) is 3. The highest BCUT2D eigenvalue weighted by atomic mass is 32.2. The zero-order valence-electron chi connectivity index (χ0n) is 31.3. The third-order valence-electron chi connectivity index (χ3n) is 10.7. The standard InChI is InChI=1S/C39H38F2N8O8S/c1-22-18-46(12-13-47(22)29-17-30-31(16-27(29)40)49(39(54)45(30)2)28-10-11-33(50)43-38(28)53)19-34(51)42-25-8-9-26-24(14-25)15-32(57-21-23-6-4-3-5-7-23)37(36(26)41)48-20-35(52)44-58(48,55)56/h3-9,14-17,22,28H,10-13,18-21H2,1-2H3,(H,42,51)(H,44,52)(H,43,50,53)/t22-,28?/m1/s1. The summed E-state index contributed by atoms with van der Waals surface area (Å²) in [5, 5.41) is 5.44. The Morgan fingerprint density at radius 2 is 1.74 bits per heavy atom. The van der Waals surface area contributed by atoms with Gasteiger partial charge in [0, 0.05) is 56.3 Å². The molecule has 0 spiro atoms. The van der Waals surface area contributed by atoms with Crippen molar-refractivity contribution in [2.45, 2.75) is 38.5 Å². The first kappa shape index (κ1) is 38.5. The van der Waals surface area contributed by atoms with Crippen molar-refractivity contribution in [3.05, 3.63) is 94.4 Å². The number of nitrogens with zero attached hydrogens (tertiary/aromatic N) is 5. The van der Waals surface area contributed by atoms with Gasteiger partial charge in [0.15, 0.2) is 5.82 Å². The number of benzene rings is 4. The molecule has 0 radical (unpaired) electrons. The average Bonchev–Trinajstić information content (AvgIpc) is 3.58. The molecule has 4 aromatic carbocycles. The number of anilines is 3. The van der Waals surface area contributed by atoms with E-state index in [1.807, 2.05) is 27.5 Å². The van der Waals surface area contributed by atoms with Gasteiger partial charge in [-0.2, -0.15) is 8.42 Å². The third kappa shape index (κ3) is 7.10. The summed E-state index contributed by atoms with van der Waals surface area (Å²) in [6.45, 7) is 2.39. The predicted molar refractivity (Wildman–Crippen MR) is 210 cm³/mol. The molecule has 1 unspecified atom stereocenters. The van der Waals surface area contributed by atoms with Gasteiger partial charge in [0.2, 0.25) is 17.7 Å². The Labute approximate surface area is 330 Å². The van der Waals surface area contributed by atoms with Crippen LogP contribution in [0.25, 0.3) is 21.8 Å². The Morgan fingerprint density at radius 1 is 0.966 bits per heavy atom. The highest BCUT2D eigenvalue weighted by Gasteiger charge is 2.39. The average molecular weight is 817 g/mol. The monoisotopic (exact) mass is 816 g/mol. The summed E-state index contributed by atoms with van der Waals surface area (Å²) in [7, 11) is -2.83. The molecule has 3 aliphatic heterocycles. The molecule has 3 N–H and O–H groups in total. The van der Waals surface area contributed by atoms with E-state index in [4.69, 9.17) is 4.74 Å². The van der Waals surface area contributed by atoms with Crippen molar-refractivity contribution in [3.8, 4) is 5.75 Å². The minimum Gasteiger partial charge on any atom is -0.487 e. The molecular formula is C39H38F2N8O8S. The van der Waals surface area contributed by atoms with Crippen LogP contribution in [0.15, 0.2) is 71.5 Å². The SMILES string of the molecule is C[C@@H]1CN(CC(=O)Nc2ccc3c(F)c(N4CC(=O)NS4(=O)=O)c(OCc4ccccc4)cc3c2)CCN1c1cc2c(cc1F)n(C1CCC(=O)NC1=O)c(=O)n2C. The number of imidazole rings is 1. The van der Waals surface area contributed by atoms with Gasteiger partial charge in [0.1, 0.15) is 36.4 Å². The minimum atomic E-state index is -4.37. The highest BCUT2D eigenvalue weighted by molar-refractivity contribution is 7.92. The van der Waals surface area contributed by atoms with Gasteiger partial charge < -0.3 is 15.0 Å². The number of piperidine rings is 1. The van der Waals surface area contributed by atoms with Crippen molar-refractivity contribution in [1.29, 1.82) is 0 Å². The van der Waals surface area contributed by atoms with Gasteiger partial charge in [-0.25, -0.2) is 22.6 Å². The fraction of sp³-hybridized carbons (Fsp3) is 0.308. The molecule has 4 heterocycles. The van der Waals surface area contributed by atoms with E-state index < -0.39 is 63.5 Å². The lowest BCUT2D eigenvalue weighted by Crippen LogP contribution is -2.53. The van der Waals surface area contributed by atoms with Crippen molar-refractivity contribution in [1.82, 2.24) is 24.1 Å². The van der Waals surface area contributed by atoms with Crippen LogP contribution in [0.1, 0.15) is 31.4 Å². The topological polar surface area (TPSA) is 184 Å². The molecule has 4 amide bonds. The van der Waals surface area contributed by atoms with E-state index in [1.165, 1.54) is 39.5 Å². The number of aryl methyl sites for hydroxylation is 1. The van der Waals surface area contributed by atoms with Gasteiger partial charge in [0.25, 0.3) is 5.91 Å². The summed E-state index contributed by atoms with van der Waals surface area (Å²) in [6, 6.07) is 16.5. The van der Waals surface area contributed by atoms with Crippen LogP contribution in [0, 0.1) is 11.6 Å². The quantitative estimate of drug-likeness (QED) is 0.187. The Bertz CT molecular complexity index is 2700. The van der Waals surface area contributed by atoms with E-state index in [1.54, 1.807) is 37.4 Å². The van der Waals surface area contributed by atoms with Gasteiger partial charge in [0.05, 0.1) is 23.3 Å². The van der Waals surface area contributed by atoms with Crippen LogP contribution in [0.5, 0.6) is 5.75 Å². The van der Waals surface area contributed by atoms with Gasteiger partial charge in [-0.05, 0) is 54.6 Å². The van der Waals surface area contributed by atoms with E-state index in [-0.39, 0.29) is 60.3 Å². The largest absolute Gasteiger partial charge is 0.487 e. The second-order valence-electron chi connectivity index (χ2n) is 14.6. The number of rotatable bonds is 9. The highest BCUT2D eigenvalue weighted by Crippen LogP contribution is 2.40. The number of piperazine rings is 1. The first-order valence-electron chi connectivity index (χ1n) is 18.5. The summed E-state index contributed by atoms with van der Waals surface area (Å²) in [4.78, 5) is 66.7. The number of hydrogen-bond acceptors (Lipinski definition) is 10. The number of halogens is 2. The summed E-state index contributed by atoms with van der Waals surface area (Å²) in [5.41, 5.74) is 1.10. The molecule has 302 valence electrons. The van der Waals surface area contributed by atoms with Crippen LogP contribution >= 0.6 is 0 Å². The fourth-order valence-corrected chi connectivity index (χ4v) is 9.05. The molecule has 0 aliphatic carbocycles. The first-order valence-corrected chi connectivity index (χ1v) is 19.9. The maximum absolute atomic E-state index is 16.2. The van der Waals surface area contributed by atoms with Gasteiger partial charge in [-0.1, -0.05) is 30.3 Å². The number of fused-ring (bicyclic) bond motifs is 2. The second-order valence-corrected chi connectivity index (χ2v) is 16.2. The second kappa shape index (κ2) is 14.9. The van der Waals surface area contributed by atoms with Crippen LogP contribution in [-0.2, 0) is 43.0 Å². The van der Waals surface area contributed by atoms with Crippen LogP contribution in [0.4, 0.5) is 25.8 Å². The van der Waals surface area contributed by atoms with Crippen LogP contribution in [0.2, 0.25) is 0 Å². The Hall–Kier alpha value is -6.34. The summed E-state index contributed by atoms with van der Waals surface area (Å²) >= 11 is 0. The van der Waals surface area contributed by atoms with Gasteiger partial charge in [-0.3, -0.25) is 38.5 Å². The summed E-state index contributed by atoms with van der Waals surface area (Å²) < 4.78 is 68.6. The van der Waals surface area contributed by atoms with Gasteiger partial charge >= 0.3 is 15.9 Å². The molecule has 58 heavy (non-hydrogen) atoms. The smallest absolute Gasteiger partial charge is 0.329 e. The fourth-order valence-electron chi connectivity index (χ4n) is 7.89. The van der Waals surface area contributed by atoms with E-state index in [9.17, 15) is 32.4 Å². The van der Waals surface area contributed by atoms with Gasteiger partial charge in [-0.15, -0.1) is 0 Å². The van der Waals surface area contributed by atoms with E-state index in [0.717, 1.165) is 5.56 Å². The lowest BCUT2D eigenvalue weighted by molar-refractivity contribution is -0.135. The molecule has 0 bridgehead atoms. The maximum atomic E-state index is 16.2. The number of carbonyl (C=O) groups is 4. The predicted octanol–water partition coefficient (Wildman–Crippen LogP) is 2.66. The van der Waals surface area contributed by atoms with Crippen LogP contribution < -0.4 is 35.0 Å². The van der Waals surface area contributed by atoms with E-state index in [0.29, 0.717) is 40.5 Å². The molecule has 5 aromatic rings. The molecule has 2 atom stereocenters. The molecule has 8 rings (SSSR count). The van der Waals surface area contributed by atoms with Crippen molar-refractivity contribution in [2.24, 2.45) is 7.05 Å². The molecule has 3 saturated heterocycles. The summed E-state index contributed by atoms with van der Waals surface area (Å²) in [6.07, 6.45) is 0.187. The minimum absolute atomic E-state index is 0.00632. The van der Waals surface area contributed by atoms with Crippen LogP contribution in [-0.4, -0.2) is 84.8 Å². The van der Waals surface area contributed by atoms with E-state index >= 15 is 8.78 Å². The Kier molecular flexibility index (Phi) is 9.88. The first-order chi connectivity index (χ1) is 27.7. The number of carbonyl (C=O) groups excluding carboxylic acids is 4. The zero-order chi connectivity index (χ0) is 41.0. The van der Waals surface area contributed by atoms with E-state index in [2.05, 4.69) is 10.6 Å². The Balaban J connectivity index is 0.974. The van der Waals surface area contributed by atoms with Crippen molar-refractivity contribution in [3.63, 3.8) is 0 Å². The number of amides is 4. The number of ether oxygens (including phenoxy) is 1. The molecule has 3 aliphatic rings. The van der Waals surface area contributed by atoms with Crippen molar-refractivity contribution >= 4 is 72.7 Å². The molecule has 19 heteroatoms. The van der Waals surface area contributed by atoms with Crippen LogP contribution in [0.3, 0.4) is 0 Å². The third-order valence-corrected chi connectivity index (χ3v) is 12.1. The number of imide groups is 1. The molecule has 1 aromatic heterocycles. The summed E-state index contributed by atoms with van der Waals surface area (Å²) in [5.74, 6) is -3.83. The molecule has 0 saturated carbocycles. The lowest BCUT2D eigenvalue weighted by atomic mass is 10.1. The Morgan fingerprint density at radius 3 is 2.45 bits per heavy atom. The lowest BCUT2D eigenvalue weighted by Gasteiger charge is -2.41. The number of aromatic nitrogens is 2. The van der Waals surface area contributed by atoms with Crippen molar-refractivity contribution in [2.75, 3.05) is 47.2 Å². The van der Waals surface area contributed by atoms with Crippen molar-refractivity contribution < 1.29 is 41.1 Å². The normalized spacial score (nSPS) is 19.8. The maximum Gasteiger partial charge on any atom is 0.329 e. The molecule has 16 nitrogen and oxygen atoms in total. The molecular weight excluding hydrogens is 779 g/mol.